The zero-order chi connectivity index (χ0) is 21.1. The predicted octanol–water partition coefficient (Wildman–Crippen LogP) is 5.11. The number of nitrogens with zero attached hydrogens (tertiary/aromatic N) is 4. The molecule has 1 fully saturated rings. The predicted molar refractivity (Wildman–Crippen MR) is 123 cm³/mol. The SMILES string of the molecule is N#Cc1ccc(NC(=O)N(S)C2CCN(c3ccnc4cc(Cl)ccc34)CC2)cc1. The number of thiol groups is 1. The molecule has 8 heteroatoms. The summed E-state index contributed by atoms with van der Waals surface area (Å²) in [6.45, 7) is 1.63. The second-order valence-corrected chi connectivity index (χ2v) is 8.04. The van der Waals surface area contributed by atoms with Crippen molar-refractivity contribution >= 4 is 52.7 Å². The molecule has 0 bridgehead atoms. The fraction of sp³-hybridized carbons (Fsp3) is 0.227. The Labute approximate surface area is 185 Å². The molecule has 1 aliphatic rings. The lowest BCUT2D eigenvalue weighted by Crippen LogP contribution is -2.44. The van der Waals surface area contributed by atoms with Crippen LogP contribution in [0.3, 0.4) is 0 Å². The van der Waals surface area contributed by atoms with Crippen molar-refractivity contribution in [2.45, 2.75) is 18.9 Å². The van der Waals surface area contributed by atoms with Crippen molar-refractivity contribution in [1.29, 1.82) is 5.26 Å². The second kappa shape index (κ2) is 8.82. The number of pyridine rings is 1. The van der Waals surface area contributed by atoms with Gasteiger partial charge in [0.2, 0.25) is 0 Å². The third kappa shape index (κ3) is 4.30. The number of carbonyl (C=O) groups excluding carboxylic acids is 1. The van der Waals surface area contributed by atoms with E-state index in [0.29, 0.717) is 16.3 Å². The van der Waals surface area contributed by atoms with Crippen LogP contribution in [0.1, 0.15) is 18.4 Å². The number of rotatable bonds is 3. The molecule has 1 aliphatic heterocycles. The van der Waals surface area contributed by atoms with Gasteiger partial charge in [-0.05, 0) is 61.4 Å². The fourth-order valence-electron chi connectivity index (χ4n) is 3.71. The van der Waals surface area contributed by atoms with Crippen LogP contribution in [-0.2, 0) is 0 Å². The van der Waals surface area contributed by atoms with Crippen molar-refractivity contribution in [3.05, 3.63) is 65.3 Å². The molecule has 2 aromatic carbocycles. The summed E-state index contributed by atoms with van der Waals surface area (Å²) in [5.41, 5.74) is 3.19. The molecule has 2 amide bonds. The maximum Gasteiger partial charge on any atom is 0.331 e. The number of nitrogens with one attached hydrogen (secondary N) is 1. The summed E-state index contributed by atoms with van der Waals surface area (Å²) in [7, 11) is 0. The summed E-state index contributed by atoms with van der Waals surface area (Å²) in [5.74, 6) is 0. The molecule has 1 aromatic heterocycles. The molecule has 6 nitrogen and oxygen atoms in total. The number of halogens is 1. The topological polar surface area (TPSA) is 72.3 Å². The lowest BCUT2D eigenvalue weighted by Gasteiger charge is -2.37. The lowest BCUT2D eigenvalue weighted by molar-refractivity contribution is 0.223. The van der Waals surface area contributed by atoms with Gasteiger partial charge in [-0.25, -0.2) is 4.79 Å². The molecule has 2 heterocycles. The number of urea groups is 1. The van der Waals surface area contributed by atoms with E-state index >= 15 is 0 Å². The summed E-state index contributed by atoms with van der Waals surface area (Å²) in [4.78, 5) is 19.3. The van der Waals surface area contributed by atoms with Gasteiger partial charge >= 0.3 is 6.03 Å². The van der Waals surface area contributed by atoms with Crippen LogP contribution < -0.4 is 10.2 Å². The highest BCUT2D eigenvalue weighted by molar-refractivity contribution is 7.78. The van der Waals surface area contributed by atoms with E-state index in [4.69, 9.17) is 16.9 Å². The average molecular weight is 438 g/mol. The quantitative estimate of drug-likeness (QED) is 0.558. The Morgan fingerprint density at radius 3 is 2.63 bits per heavy atom. The summed E-state index contributed by atoms with van der Waals surface area (Å²) in [5, 5.41) is 13.4. The number of hydrogen-bond donors (Lipinski definition) is 2. The number of anilines is 2. The minimum atomic E-state index is -0.273. The molecular formula is C22H20ClN5OS. The van der Waals surface area contributed by atoms with Crippen LogP contribution in [0.4, 0.5) is 16.2 Å². The van der Waals surface area contributed by atoms with E-state index < -0.39 is 0 Å². The zero-order valence-corrected chi connectivity index (χ0v) is 17.8. The van der Waals surface area contributed by atoms with Crippen LogP contribution in [0.2, 0.25) is 5.02 Å². The third-order valence-electron chi connectivity index (χ3n) is 5.31. The number of hydrogen-bond acceptors (Lipinski definition) is 5. The first-order chi connectivity index (χ1) is 14.5. The standard InChI is InChI=1S/C22H20ClN5OS/c23-16-3-6-19-20(13-16)25-10-7-21(19)27-11-8-18(9-12-27)28(30)22(29)26-17-4-1-15(14-24)2-5-17/h1-7,10,13,18,30H,8-9,11-12H2,(H,26,29). The molecule has 0 spiro atoms. The first-order valence-electron chi connectivity index (χ1n) is 9.63. The Morgan fingerprint density at radius 1 is 1.20 bits per heavy atom. The smallest absolute Gasteiger partial charge is 0.331 e. The molecule has 0 radical (unpaired) electrons. The van der Waals surface area contributed by atoms with Crippen molar-refractivity contribution in [2.24, 2.45) is 0 Å². The van der Waals surface area contributed by atoms with E-state index in [2.05, 4.69) is 34.1 Å². The monoisotopic (exact) mass is 437 g/mol. The van der Waals surface area contributed by atoms with Gasteiger partial charge in [-0.15, -0.1) is 0 Å². The molecule has 0 unspecified atom stereocenters. The van der Waals surface area contributed by atoms with Crippen LogP contribution in [0.5, 0.6) is 0 Å². The highest BCUT2D eigenvalue weighted by atomic mass is 35.5. The summed E-state index contributed by atoms with van der Waals surface area (Å²) >= 11 is 10.5. The molecular weight excluding hydrogens is 418 g/mol. The highest BCUT2D eigenvalue weighted by Gasteiger charge is 2.27. The minimum Gasteiger partial charge on any atom is -0.371 e. The molecule has 0 atom stereocenters. The zero-order valence-electron chi connectivity index (χ0n) is 16.1. The Balaban J connectivity index is 1.39. The average Bonchev–Trinajstić information content (AvgIpc) is 2.78. The maximum atomic E-state index is 12.6. The van der Waals surface area contributed by atoms with Gasteiger partial charge in [0.25, 0.3) is 0 Å². The molecule has 3 aromatic rings. The lowest BCUT2D eigenvalue weighted by atomic mass is 10.0. The number of nitriles is 1. The summed E-state index contributed by atoms with van der Waals surface area (Å²) in [6.07, 6.45) is 3.42. The Hall–Kier alpha value is -2.95. The van der Waals surface area contributed by atoms with E-state index in [1.54, 1.807) is 30.5 Å². The van der Waals surface area contributed by atoms with Gasteiger partial charge in [-0.2, -0.15) is 5.26 Å². The molecule has 1 N–H and O–H groups in total. The van der Waals surface area contributed by atoms with Gasteiger partial charge in [0, 0.05) is 47.1 Å². The first-order valence-corrected chi connectivity index (χ1v) is 10.4. The molecule has 4 rings (SSSR count). The van der Waals surface area contributed by atoms with Crippen LogP contribution in [0.25, 0.3) is 10.9 Å². The van der Waals surface area contributed by atoms with Gasteiger partial charge in [0.1, 0.15) is 0 Å². The molecule has 30 heavy (non-hydrogen) atoms. The second-order valence-electron chi connectivity index (χ2n) is 7.17. The van der Waals surface area contributed by atoms with Gasteiger partial charge in [-0.1, -0.05) is 24.4 Å². The van der Waals surface area contributed by atoms with Crippen LogP contribution in [-0.4, -0.2) is 34.5 Å². The van der Waals surface area contributed by atoms with Crippen LogP contribution in [0.15, 0.2) is 54.7 Å². The van der Waals surface area contributed by atoms with Crippen molar-refractivity contribution in [2.75, 3.05) is 23.3 Å². The largest absolute Gasteiger partial charge is 0.371 e. The minimum absolute atomic E-state index is 0.0329. The first kappa shape index (κ1) is 20.3. The maximum absolute atomic E-state index is 12.6. The van der Waals surface area contributed by atoms with Gasteiger partial charge in [0.15, 0.2) is 0 Å². The Bertz CT molecular complexity index is 1110. The van der Waals surface area contributed by atoms with E-state index in [1.165, 1.54) is 4.31 Å². The normalized spacial score (nSPS) is 14.4. The molecule has 152 valence electrons. The number of benzene rings is 2. The molecule has 0 saturated carbocycles. The van der Waals surface area contributed by atoms with E-state index in [0.717, 1.165) is 42.5 Å². The molecule has 1 saturated heterocycles. The fourth-order valence-corrected chi connectivity index (χ4v) is 4.16. The number of piperidine rings is 1. The Kier molecular flexibility index (Phi) is 5.98. The van der Waals surface area contributed by atoms with Gasteiger partial charge < -0.3 is 10.2 Å². The van der Waals surface area contributed by atoms with E-state index in [1.807, 2.05) is 24.3 Å². The Morgan fingerprint density at radius 2 is 1.93 bits per heavy atom. The summed E-state index contributed by atoms with van der Waals surface area (Å²) < 4.78 is 1.47. The van der Waals surface area contributed by atoms with E-state index in [9.17, 15) is 4.79 Å². The number of fused-ring (bicyclic) bond motifs is 1. The van der Waals surface area contributed by atoms with Crippen molar-refractivity contribution in [3.63, 3.8) is 0 Å². The number of carbonyl (C=O) groups is 1. The van der Waals surface area contributed by atoms with Gasteiger partial charge in [-0.3, -0.25) is 9.29 Å². The highest BCUT2D eigenvalue weighted by Crippen LogP contribution is 2.30. The van der Waals surface area contributed by atoms with Crippen LogP contribution in [0, 0.1) is 11.3 Å². The van der Waals surface area contributed by atoms with Crippen molar-refractivity contribution in [1.82, 2.24) is 9.29 Å². The number of amides is 2. The summed E-state index contributed by atoms with van der Waals surface area (Å²) in [6, 6.07) is 16.4. The van der Waals surface area contributed by atoms with E-state index in [-0.39, 0.29) is 12.1 Å². The van der Waals surface area contributed by atoms with Crippen molar-refractivity contribution in [3.8, 4) is 6.07 Å². The number of aromatic nitrogens is 1. The van der Waals surface area contributed by atoms with Gasteiger partial charge in [0.05, 0.1) is 17.1 Å². The third-order valence-corrected chi connectivity index (χ3v) is 6.05. The van der Waals surface area contributed by atoms with Crippen LogP contribution >= 0.6 is 24.4 Å². The van der Waals surface area contributed by atoms with Crippen molar-refractivity contribution < 1.29 is 4.79 Å². The molecule has 0 aliphatic carbocycles.